The molecule has 1 aliphatic rings. The van der Waals surface area contributed by atoms with Gasteiger partial charge in [0.1, 0.15) is 0 Å². The van der Waals surface area contributed by atoms with Crippen molar-refractivity contribution < 1.29 is 9.32 Å². The topological polar surface area (TPSA) is 71.3 Å². The maximum atomic E-state index is 13.4. The lowest BCUT2D eigenvalue weighted by Crippen LogP contribution is -2.46. The molecule has 1 aliphatic heterocycles. The predicted octanol–water partition coefficient (Wildman–Crippen LogP) is 6.56. The highest BCUT2D eigenvalue weighted by atomic mass is 16.5. The fraction of sp³-hybridized carbons (Fsp3) is 0.207. The van der Waals surface area contributed by atoms with Gasteiger partial charge < -0.3 is 9.84 Å². The highest BCUT2D eigenvalue weighted by Gasteiger charge is 2.36. The lowest BCUT2D eigenvalue weighted by atomic mass is 9.93. The number of aromatic nitrogens is 2. The molecule has 0 bridgehead atoms. The van der Waals surface area contributed by atoms with E-state index in [1.807, 2.05) is 55.5 Å². The zero-order chi connectivity index (χ0) is 24.4. The van der Waals surface area contributed by atoms with Gasteiger partial charge >= 0.3 is 6.03 Å². The van der Waals surface area contributed by atoms with Crippen LogP contribution < -0.4 is 10.2 Å². The Morgan fingerprint density at radius 3 is 2.37 bits per heavy atom. The predicted molar refractivity (Wildman–Crippen MR) is 138 cm³/mol. The third-order valence-corrected chi connectivity index (χ3v) is 6.47. The fourth-order valence-electron chi connectivity index (χ4n) is 4.48. The quantitative estimate of drug-likeness (QED) is 0.351. The second kappa shape index (κ2) is 9.58. The Hall–Kier alpha value is -4.19. The SMILES string of the molecule is CCc1ccc(C2NC(=O)N(c3cccc(CC)c3)C(C)=C2c2nc(-c3ccccc3)no2)cc1. The van der Waals surface area contributed by atoms with E-state index >= 15 is 0 Å². The molecule has 2 amide bonds. The van der Waals surface area contributed by atoms with E-state index in [1.165, 1.54) is 5.56 Å². The summed E-state index contributed by atoms with van der Waals surface area (Å²) in [5.74, 6) is 0.903. The van der Waals surface area contributed by atoms with Crippen LogP contribution in [0.5, 0.6) is 0 Å². The number of hydrogen-bond donors (Lipinski definition) is 1. The van der Waals surface area contributed by atoms with Crippen LogP contribution in [0.3, 0.4) is 0 Å². The van der Waals surface area contributed by atoms with Gasteiger partial charge in [-0.2, -0.15) is 4.98 Å². The van der Waals surface area contributed by atoms with Crippen LogP contribution in [0.15, 0.2) is 89.1 Å². The number of nitrogens with one attached hydrogen (secondary N) is 1. The first-order valence-electron chi connectivity index (χ1n) is 12.0. The summed E-state index contributed by atoms with van der Waals surface area (Å²) in [6.45, 7) is 6.16. The van der Waals surface area contributed by atoms with Crippen molar-refractivity contribution in [3.8, 4) is 11.4 Å². The molecule has 2 heterocycles. The van der Waals surface area contributed by atoms with Crippen LogP contribution in [0, 0.1) is 0 Å². The Morgan fingerprint density at radius 2 is 1.66 bits per heavy atom. The van der Waals surface area contributed by atoms with Gasteiger partial charge in [-0.25, -0.2) is 4.79 Å². The summed E-state index contributed by atoms with van der Waals surface area (Å²) in [7, 11) is 0. The number of amides is 2. The Balaban J connectivity index is 1.65. The number of anilines is 1. The molecule has 35 heavy (non-hydrogen) atoms. The summed E-state index contributed by atoms with van der Waals surface area (Å²) >= 11 is 0. The molecule has 0 saturated heterocycles. The van der Waals surface area contributed by atoms with Crippen LogP contribution in [-0.2, 0) is 12.8 Å². The number of carbonyl (C=O) groups is 1. The average molecular weight is 465 g/mol. The van der Waals surface area contributed by atoms with Crippen molar-refractivity contribution in [3.63, 3.8) is 0 Å². The fourth-order valence-corrected chi connectivity index (χ4v) is 4.48. The summed E-state index contributed by atoms with van der Waals surface area (Å²) in [6.07, 6.45) is 1.83. The molecule has 5 rings (SSSR count). The Kier molecular flexibility index (Phi) is 6.19. The molecule has 1 N–H and O–H groups in total. The minimum absolute atomic E-state index is 0.188. The number of nitrogens with zero attached hydrogens (tertiary/aromatic N) is 3. The van der Waals surface area contributed by atoms with E-state index in [9.17, 15) is 4.79 Å². The molecule has 3 aromatic carbocycles. The molecule has 0 fully saturated rings. The van der Waals surface area contributed by atoms with Gasteiger partial charge in [0.25, 0.3) is 5.89 Å². The third kappa shape index (κ3) is 4.35. The van der Waals surface area contributed by atoms with Crippen LogP contribution in [0.25, 0.3) is 17.0 Å². The number of rotatable bonds is 6. The van der Waals surface area contributed by atoms with Crippen LogP contribution in [0.4, 0.5) is 10.5 Å². The van der Waals surface area contributed by atoms with E-state index in [2.05, 4.69) is 54.7 Å². The van der Waals surface area contributed by atoms with Gasteiger partial charge in [0.15, 0.2) is 0 Å². The molecule has 6 heteroatoms. The van der Waals surface area contributed by atoms with E-state index in [1.54, 1.807) is 4.90 Å². The van der Waals surface area contributed by atoms with Crippen molar-refractivity contribution in [3.05, 3.63) is 107 Å². The van der Waals surface area contributed by atoms with Gasteiger partial charge in [-0.05, 0) is 48.6 Å². The maximum absolute atomic E-state index is 13.4. The molecule has 176 valence electrons. The van der Waals surface area contributed by atoms with Crippen LogP contribution in [-0.4, -0.2) is 16.2 Å². The van der Waals surface area contributed by atoms with E-state index in [0.29, 0.717) is 11.7 Å². The Bertz CT molecular complexity index is 1370. The average Bonchev–Trinajstić information content (AvgIpc) is 3.39. The molecule has 0 saturated carbocycles. The van der Waals surface area contributed by atoms with Gasteiger partial charge in [-0.15, -0.1) is 0 Å². The molecule has 1 atom stereocenters. The number of allylic oxidation sites excluding steroid dienone is 1. The largest absolute Gasteiger partial charge is 0.334 e. The molecule has 0 radical (unpaired) electrons. The number of urea groups is 1. The molecular weight excluding hydrogens is 436 g/mol. The molecule has 1 unspecified atom stereocenters. The van der Waals surface area contributed by atoms with Crippen LogP contribution in [0.1, 0.15) is 49.4 Å². The van der Waals surface area contributed by atoms with Crippen molar-refractivity contribution in [1.82, 2.24) is 15.5 Å². The zero-order valence-corrected chi connectivity index (χ0v) is 20.2. The van der Waals surface area contributed by atoms with Gasteiger partial charge in [0.2, 0.25) is 5.82 Å². The highest BCUT2D eigenvalue weighted by Crippen LogP contribution is 2.39. The maximum Gasteiger partial charge on any atom is 0.326 e. The Labute approximate surface area is 205 Å². The van der Waals surface area contributed by atoms with Crippen molar-refractivity contribution in [2.45, 2.75) is 39.7 Å². The minimum atomic E-state index is -0.414. The second-order valence-electron chi connectivity index (χ2n) is 8.62. The number of carbonyl (C=O) groups excluding carboxylic acids is 1. The number of aryl methyl sites for hydroxylation is 2. The monoisotopic (exact) mass is 464 g/mol. The van der Waals surface area contributed by atoms with Crippen LogP contribution >= 0.6 is 0 Å². The zero-order valence-electron chi connectivity index (χ0n) is 20.2. The smallest absolute Gasteiger partial charge is 0.326 e. The molecule has 0 aliphatic carbocycles. The van der Waals surface area contributed by atoms with Gasteiger partial charge in [0, 0.05) is 11.3 Å². The van der Waals surface area contributed by atoms with Gasteiger partial charge in [0.05, 0.1) is 17.3 Å². The molecule has 0 spiro atoms. The van der Waals surface area contributed by atoms with E-state index < -0.39 is 6.04 Å². The van der Waals surface area contributed by atoms with Crippen molar-refractivity contribution in [2.24, 2.45) is 0 Å². The molecular formula is C29H28N4O2. The van der Waals surface area contributed by atoms with E-state index in [0.717, 1.165) is 46.5 Å². The highest BCUT2D eigenvalue weighted by molar-refractivity contribution is 6.01. The minimum Gasteiger partial charge on any atom is -0.334 e. The first-order chi connectivity index (χ1) is 17.1. The lowest BCUT2D eigenvalue weighted by molar-refractivity contribution is 0.244. The summed E-state index contributed by atoms with van der Waals surface area (Å²) in [5.41, 5.74) is 6.58. The summed E-state index contributed by atoms with van der Waals surface area (Å²) < 4.78 is 5.79. The third-order valence-electron chi connectivity index (χ3n) is 6.47. The van der Waals surface area contributed by atoms with Crippen molar-refractivity contribution in [2.75, 3.05) is 4.90 Å². The lowest BCUT2D eigenvalue weighted by Gasteiger charge is -2.35. The Morgan fingerprint density at radius 1 is 0.914 bits per heavy atom. The summed E-state index contributed by atoms with van der Waals surface area (Å²) in [5, 5.41) is 7.43. The summed E-state index contributed by atoms with van der Waals surface area (Å²) in [6, 6.07) is 25.4. The normalized spacial score (nSPS) is 15.9. The van der Waals surface area contributed by atoms with Gasteiger partial charge in [-0.3, -0.25) is 4.90 Å². The number of benzene rings is 3. The molecule has 4 aromatic rings. The van der Waals surface area contributed by atoms with Crippen LogP contribution in [0.2, 0.25) is 0 Å². The molecule has 6 nitrogen and oxygen atoms in total. The van der Waals surface area contributed by atoms with Crippen molar-refractivity contribution in [1.29, 1.82) is 0 Å². The first-order valence-corrected chi connectivity index (χ1v) is 12.0. The second-order valence-corrected chi connectivity index (χ2v) is 8.62. The van der Waals surface area contributed by atoms with Crippen molar-refractivity contribution >= 4 is 17.3 Å². The summed E-state index contributed by atoms with van der Waals surface area (Å²) in [4.78, 5) is 19.9. The number of hydrogen-bond acceptors (Lipinski definition) is 4. The first kappa shape index (κ1) is 22.6. The van der Waals surface area contributed by atoms with E-state index in [-0.39, 0.29) is 6.03 Å². The standard InChI is InChI=1S/C29H28N4O2/c1-4-20-14-16-22(17-15-20)26-25(28-31-27(32-35-28)23-11-7-6-8-12-23)19(3)33(29(34)30-26)24-13-9-10-21(5-2)18-24/h6-18,26H,4-5H2,1-3H3,(H,30,34). The van der Waals surface area contributed by atoms with Gasteiger partial charge in [-0.1, -0.05) is 85.7 Å². The van der Waals surface area contributed by atoms with E-state index in [4.69, 9.17) is 9.51 Å². The molecule has 1 aromatic heterocycles.